The minimum Gasteiger partial charge on any atom is -0.490 e. The van der Waals surface area contributed by atoms with Crippen LogP contribution in [0.2, 0.25) is 0 Å². The summed E-state index contributed by atoms with van der Waals surface area (Å²) in [5.41, 5.74) is 0.780. The van der Waals surface area contributed by atoms with Crippen molar-refractivity contribution < 1.29 is 14.6 Å². The Morgan fingerprint density at radius 2 is 2.07 bits per heavy atom. The lowest BCUT2D eigenvalue weighted by Gasteiger charge is -2.06. The van der Waals surface area contributed by atoms with Gasteiger partial charge in [-0.25, -0.2) is 0 Å². The second-order valence-electron chi connectivity index (χ2n) is 2.80. The Morgan fingerprint density at radius 3 is 2.80 bits per heavy atom. The van der Waals surface area contributed by atoms with Crippen LogP contribution in [0.4, 0.5) is 0 Å². The van der Waals surface area contributed by atoms with Gasteiger partial charge >= 0.3 is 0 Å². The van der Waals surface area contributed by atoms with E-state index in [4.69, 9.17) is 14.6 Å². The summed E-state index contributed by atoms with van der Waals surface area (Å²) in [4.78, 5) is 0. The number of aliphatic hydroxyl groups excluding tert-OH is 1. The van der Waals surface area contributed by atoms with Crippen LogP contribution in [0.5, 0.6) is 5.75 Å². The first-order chi connectivity index (χ1) is 7.38. The fourth-order valence-electron chi connectivity index (χ4n) is 1.07. The number of para-hydroxylation sites is 1. The summed E-state index contributed by atoms with van der Waals surface area (Å²) in [5, 5.41) is 8.60. The van der Waals surface area contributed by atoms with Gasteiger partial charge in [-0.1, -0.05) is 24.0 Å². The van der Waals surface area contributed by atoms with Gasteiger partial charge in [-0.05, 0) is 12.1 Å². The van der Waals surface area contributed by atoms with E-state index in [0.29, 0.717) is 13.2 Å². The van der Waals surface area contributed by atoms with Gasteiger partial charge in [0.15, 0.2) is 0 Å². The molecule has 0 spiro atoms. The molecule has 3 nitrogen and oxygen atoms in total. The molecule has 0 bridgehead atoms. The van der Waals surface area contributed by atoms with E-state index in [1.54, 1.807) is 7.11 Å². The number of rotatable bonds is 4. The fourth-order valence-corrected chi connectivity index (χ4v) is 1.07. The third-order valence-corrected chi connectivity index (χ3v) is 1.73. The predicted molar refractivity (Wildman–Crippen MR) is 57.8 cm³/mol. The van der Waals surface area contributed by atoms with Gasteiger partial charge in [-0.3, -0.25) is 0 Å². The van der Waals surface area contributed by atoms with Gasteiger partial charge in [-0.15, -0.1) is 0 Å². The Morgan fingerprint density at radius 1 is 1.27 bits per heavy atom. The monoisotopic (exact) mass is 206 g/mol. The molecule has 15 heavy (non-hydrogen) atoms. The molecule has 1 rings (SSSR count). The maximum atomic E-state index is 8.60. The van der Waals surface area contributed by atoms with Crippen molar-refractivity contribution in [2.75, 3.05) is 26.9 Å². The van der Waals surface area contributed by atoms with E-state index >= 15 is 0 Å². The number of hydrogen-bond acceptors (Lipinski definition) is 3. The summed E-state index contributed by atoms with van der Waals surface area (Å²) < 4.78 is 10.3. The molecule has 1 aromatic carbocycles. The van der Waals surface area contributed by atoms with Gasteiger partial charge < -0.3 is 14.6 Å². The molecule has 0 saturated carbocycles. The number of hydrogen-bond donors (Lipinski definition) is 1. The molecule has 0 aliphatic carbocycles. The lowest BCUT2D eigenvalue weighted by atomic mass is 10.2. The summed E-state index contributed by atoms with van der Waals surface area (Å²) in [7, 11) is 1.63. The first-order valence-electron chi connectivity index (χ1n) is 4.69. The number of benzene rings is 1. The van der Waals surface area contributed by atoms with Crippen LogP contribution >= 0.6 is 0 Å². The molecule has 80 valence electrons. The topological polar surface area (TPSA) is 38.7 Å². The van der Waals surface area contributed by atoms with Crippen molar-refractivity contribution in [1.29, 1.82) is 0 Å². The molecule has 0 saturated heterocycles. The molecule has 0 fully saturated rings. The third kappa shape index (κ3) is 4.03. The SMILES string of the molecule is COCCOc1ccccc1C#CCO. The molecule has 0 aromatic heterocycles. The fraction of sp³-hybridized carbons (Fsp3) is 0.333. The van der Waals surface area contributed by atoms with Gasteiger partial charge in [0.25, 0.3) is 0 Å². The predicted octanol–water partition coefficient (Wildman–Crippen LogP) is 1.06. The van der Waals surface area contributed by atoms with Crippen LogP contribution in [0.25, 0.3) is 0 Å². The maximum absolute atomic E-state index is 8.60. The molecule has 0 unspecified atom stereocenters. The first kappa shape index (κ1) is 11.6. The minimum absolute atomic E-state index is 0.146. The highest BCUT2D eigenvalue weighted by atomic mass is 16.5. The zero-order chi connectivity index (χ0) is 10.9. The smallest absolute Gasteiger partial charge is 0.135 e. The molecule has 0 heterocycles. The molecule has 1 aromatic rings. The average molecular weight is 206 g/mol. The minimum atomic E-state index is -0.146. The van der Waals surface area contributed by atoms with Crippen molar-refractivity contribution in [3.8, 4) is 17.6 Å². The van der Waals surface area contributed by atoms with Crippen LogP contribution < -0.4 is 4.74 Å². The van der Waals surface area contributed by atoms with Gasteiger partial charge in [0.1, 0.15) is 19.0 Å². The van der Waals surface area contributed by atoms with Gasteiger partial charge in [0, 0.05) is 7.11 Å². The summed E-state index contributed by atoms with van der Waals surface area (Å²) in [6.07, 6.45) is 0. The highest BCUT2D eigenvalue weighted by Crippen LogP contribution is 2.16. The third-order valence-electron chi connectivity index (χ3n) is 1.73. The van der Waals surface area contributed by atoms with Crippen LogP contribution in [0, 0.1) is 11.8 Å². The Labute approximate surface area is 89.6 Å². The van der Waals surface area contributed by atoms with E-state index < -0.39 is 0 Å². The molecular weight excluding hydrogens is 192 g/mol. The molecule has 0 amide bonds. The lowest BCUT2D eigenvalue weighted by Crippen LogP contribution is -2.05. The highest BCUT2D eigenvalue weighted by Gasteiger charge is 1.98. The van der Waals surface area contributed by atoms with Crippen LogP contribution in [0.15, 0.2) is 24.3 Å². The highest BCUT2D eigenvalue weighted by molar-refractivity contribution is 5.45. The number of aliphatic hydroxyl groups is 1. The van der Waals surface area contributed by atoms with Crippen molar-refractivity contribution >= 4 is 0 Å². The zero-order valence-electron chi connectivity index (χ0n) is 8.69. The largest absolute Gasteiger partial charge is 0.490 e. The summed E-state index contributed by atoms with van der Waals surface area (Å²) in [6, 6.07) is 7.46. The summed E-state index contributed by atoms with van der Waals surface area (Å²) in [5.74, 6) is 6.13. The Balaban J connectivity index is 2.68. The molecule has 0 aliphatic heterocycles. The summed E-state index contributed by atoms with van der Waals surface area (Å²) in [6.45, 7) is 0.891. The van der Waals surface area contributed by atoms with E-state index in [9.17, 15) is 0 Å². The van der Waals surface area contributed by atoms with Crippen LogP contribution in [-0.2, 0) is 4.74 Å². The Hall–Kier alpha value is -1.50. The van der Waals surface area contributed by atoms with Crippen LogP contribution in [0.3, 0.4) is 0 Å². The van der Waals surface area contributed by atoms with E-state index in [0.717, 1.165) is 11.3 Å². The van der Waals surface area contributed by atoms with Gasteiger partial charge in [0.2, 0.25) is 0 Å². The van der Waals surface area contributed by atoms with Crippen molar-refractivity contribution in [2.24, 2.45) is 0 Å². The van der Waals surface area contributed by atoms with Crippen LogP contribution in [-0.4, -0.2) is 32.0 Å². The zero-order valence-corrected chi connectivity index (χ0v) is 8.69. The van der Waals surface area contributed by atoms with E-state index in [-0.39, 0.29) is 6.61 Å². The Bertz CT molecular complexity index is 349. The number of ether oxygens (including phenoxy) is 2. The molecular formula is C12H14O3. The Kier molecular flexibility index (Phi) is 5.31. The standard InChI is InChI=1S/C12H14O3/c1-14-9-10-15-12-7-3-2-5-11(12)6-4-8-13/h2-3,5,7,13H,8-10H2,1H3. The van der Waals surface area contributed by atoms with Gasteiger partial charge in [-0.2, -0.15) is 0 Å². The van der Waals surface area contributed by atoms with Gasteiger partial charge in [0.05, 0.1) is 12.2 Å². The lowest BCUT2D eigenvalue weighted by molar-refractivity contribution is 0.146. The first-order valence-corrected chi connectivity index (χ1v) is 4.69. The molecule has 1 N–H and O–H groups in total. The van der Waals surface area contributed by atoms with E-state index in [1.165, 1.54) is 0 Å². The molecule has 0 radical (unpaired) electrons. The molecule has 3 heteroatoms. The molecule has 0 atom stereocenters. The second kappa shape index (κ2) is 6.88. The van der Waals surface area contributed by atoms with E-state index in [2.05, 4.69) is 11.8 Å². The van der Waals surface area contributed by atoms with Crippen molar-refractivity contribution in [3.05, 3.63) is 29.8 Å². The summed E-state index contributed by atoms with van der Waals surface area (Å²) >= 11 is 0. The van der Waals surface area contributed by atoms with Crippen molar-refractivity contribution in [2.45, 2.75) is 0 Å². The number of methoxy groups -OCH3 is 1. The normalized spacial score (nSPS) is 9.20. The van der Waals surface area contributed by atoms with E-state index in [1.807, 2.05) is 24.3 Å². The maximum Gasteiger partial charge on any atom is 0.135 e. The second-order valence-corrected chi connectivity index (χ2v) is 2.80. The van der Waals surface area contributed by atoms with Crippen LogP contribution in [0.1, 0.15) is 5.56 Å². The average Bonchev–Trinajstić information content (AvgIpc) is 2.28. The molecule has 0 aliphatic rings. The van der Waals surface area contributed by atoms with Crippen molar-refractivity contribution in [1.82, 2.24) is 0 Å². The van der Waals surface area contributed by atoms with Crippen molar-refractivity contribution in [3.63, 3.8) is 0 Å². The quantitative estimate of drug-likeness (QED) is 0.591.